The van der Waals surface area contributed by atoms with Crippen molar-refractivity contribution in [2.24, 2.45) is 0 Å². The maximum Gasteiger partial charge on any atom is 0.0160 e. The number of rotatable bonds is 6. The second-order valence-corrected chi connectivity index (χ2v) is 6.18. The Kier molecular flexibility index (Phi) is 6.89. The summed E-state index contributed by atoms with van der Waals surface area (Å²) >= 11 is 1.89. The minimum absolute atomic E-state index is 0.579. The summed E-state index contributed by atoms with van der Waals surface area (Å²) in [4.78, 5) is 0. The molecule has 0 amide bonds. The molecule has 0 aliphatic heterocycles. The van der Waals surface area contributed by atoms with Gasteiger partial charge < -0.3 is 0 Å². The highest BCUT2D eigenvalue weighted by Gasteiger charge is 2.22. The van der Waals surface area contributed by atoms with Crippen LogP contribution >= 0.6 is 12.1 Å². The van der Waals surface area contributed by atoms with E-state index in [-0.39, 0.29) is 0 Å². The zero-order chi connectivity index (χ0) is 12.2. The van der Waals surface area contributed by atoms with Gasteiger partial charge in [-0.05, 0) is 55.4 Å². The molecule has 0 aromatic rings. The monoisotopic (exact) mass is 232 g/mol. The highest BCUT2D eigenvalue weighted by Crippen LogP contribution is 2.26. The fourth-order valence-electron chi connectivity index (χ4n) is 1.68. The van der Waals surface area contributed by atoms with Crippen LogP contribution in [0.15, 0.2) is 0 Å². The molecule has 0 aromatic carbocycles. The number of nitrogens with zero attached hydrogens (tertiary/aromatic N) is 2. The first-order chi connectivity index (χ1) is 6.77. The van der Waals surface area contributed by atoms with E-state index < -0.39 is 0 Å². The molecule has 0 atom stereocenters. The van der Waals surface area contributed by atoms with Crippen molar-refractivity contribution >= 4 is 12.1 Å². The standard InChI is InChI=1S/C12H28N2S/c1-9(2)13(10(3)4)15-14(11(5)6)12(7)8/h9-12H,1-8H3. The molecule has 0 aromatic heterocycles. The third-order valence-corrected chi connectivity index (χ3v) is 4.29. The van der Waals surface area contributed by atoms with Crippen LogP contribution in [0.1, 0.15) is 55.4 Å². The molecule has 15 heavy (non-hydrogen) atoms. The van der Waals surface area contributed by atoms with E-state index >= 15 is 0 Å². The molecular weight excluding hydrogens is 204 g/mol. The molecule has 0 N–H and O–H groups in total. The maximum absolute atomic E-state index is 2.46. The molecule has 0 radical (unpaired) electrons. The van der Waals surface area contributed by atoms with E-state index in [2.05, 4.69) is 64.0 Å². The zero-order valence-electron chi connectivity index (χ0n) is 11.6. The maximum atomic E-state index is 2.46. The SMILES string of the molecule is CC(C)N(SN(C(C)C)C(C)C)C(C)C. The molecule has 0 unspecified atom stereocenters. The largest absolute Gasteiger partial charge is 0.232 e. The van der Waals surface area contributed by atoms with Gasteiger partial charge in [0.25, 0.3) is 0 Å². The van der Waals surface area contributed by atoms with E-state index in [0.717, 1.165) is 0 Å². The second-order valence-electron chi connectivity index (χ2n) is 5.18. The van der Waals surface area contributed by atoms with E-state index in [1.165, 1.54) is 0 Å². The second kappa shape index (κ2) is 6.77. The quantitative estimate of drug-likeness (QED) is 0.643. The van der Waals surface area contributed by atoms with Crippen molar-refractivity contribution in [3.05, 3.63) is 0 Å². The van der Waals surface area contributed by atoms with Crippen molar-refractivity contribution in [2.45, 2.75) is 79.6 Å². The summed E-state index contributed by atoms with van der Waals surface area (Å²) in [5.41, 5.74) is 0. The number of hydrogen-bond acceptors (Lipinski definition) is 3. The summed E-state index contributed by atoms with van der Waals surface area (Å²) < 4.78 is 4.92. The first-order valence-electron chi connectivity index (χ1n) is 6.02. The van der Waals surface area contributed by atoms with Crippen LogP contribution in [0.5, 0.6) is 0 Å². The van der Waals surface area contributed by atoms with E-state index in [9.17, 15) is 0 Å². The summed E-state index contributed by atoms with van der Waals surface area (Å²) in [7, 11) is 0. The average Bonchev–Trinajstić information content (AvgIpc) is 2.01. The number of hydrogen-bond donors (Lipinski definition) is 0. The van der Waals surface area contributed by atoms with Gasteiger partial charge in [0.05, 0.1) is 0 Å². The fraction of sp³-hybridized carbons (Fsp3) is 1.00. The summed E-state index contributed by atoms with van der Waals surface area (Å²) in [6.07, 6.45) is 0. The van der Waals surface area contributed by atoms with Gasteiger partial charge in [0.1, 0.15) is 0 Å². The highest BCUT2D eigenvalue weighted by molar-refractivity contribution is 7.94. The van der Waals surface area contributed by atoms with Gasteiger partial charge in [-0.3, -0.25) is 0 Å². The molecule has 0 aliphatic carbocycles. The normalized spacial score (nSPS) is 13.2. The lowest BCUT2D eigenvalue weighted by atomic mass is 10.3. The van der Waals surface area contributed by atoms with Crippen LogP contribution < -0.4 is 0 Å². The highest BCUT2D eigenvalue weighted by atomic mass is 32.2. The van der Waals surface area contributed by atoms with Gasteiger partial charge in [0.2, 0.25) is 0 Å². The molecule has 0 saturated carbocycles. The molecule has 0 bridgehead atoms. The lowest BCUT2D eigenvalue weighted by Gasteiger charge is -2.37. The van der Waals surface area contributed by atoms with Crippen LogP contribution in [0.4, 0.5) is 0 Å². The predicted molar refractivity (Wildman–Crippen MR) is 71.8 cm³/mol. The predicted octanol–water partition coefficient (Wildman–Crippen LogP) is 3.79. The smallest absolute Gasteiger partial charge is 0.0160 e. The van der Waals surface area contributed by atoms with Crippen molar-refractivity contribution in [1.29, 1.82) is 0 Å². The molecule has 92 valence electrons. The summed E-state index contributed by atoms with van der Waals surface area (Å²) in [6, 6.07) is 2.31. The Hall–Kier alpha value is 0.270. The van der Waals surface area contributed by atoms with Crippen LogP contribution in [-0.4, -0.2) is 32.8 Å². The Labute approximate surface area is 101 Å². The lowest BCUT2D eigenvalue weighted by molar-refractivity contribution is 0.280. The molecule has 3 heteroatoms. The van der Waals surface area contributed by atoms with Gasteiger partial charge >= 0.3 is 0 Å². The first kappa shape index (κ1) is 15.3. The lowest BCUT2D eigenvalue weighted by Crippen LogP contribution is -2.40. The Morgan fingerprint density at radius 3 is 0.867 bits per heavy atom. The summed E-state index contributed by atoms with van der Waals surface area (Å²) in [5, 5.41) is 0. The zero-order valence-corrected chi connectivity index (χ0v) is 12.4. The molecule has 2 nitrogen and oxygen atoms in total. The topological polar surface area (TPSA) is 6.48 Å². The van der Waals surface area contributed by atoms with Crippen molar-refractivity contribution in [2.75, 3.05) is 0 Å². The fourth-order valence-corrected chi connectivity index (χ4v) is 2.65. The summed E-state index contributed by atoms with van der Waals surface area (Å²) in [5.74, 6) is 0. The van der Waals surface area contributed by atoms with Gasteiger partial charge in [0.15, 0.2) is 0 Å². The third-order valence-electron chi connectivity index (χ3n) is 2.22. The average molecular weight is 232 g/mol. The van der Waals surface area contributed by atoms with Crippen LogP contribution in [0, 0.1) is 0 Å². The van der Waals surface area contributed by atoms with E-state index in [1.807, 2.05) is 12.1 Å². The Balaban J connectivity index is 4.48. The molecular formula is C12H28N2S. The van der Waals surface area contributed by atoms with E-state index in [1.54, 1.807) is 0 Å². The Bertz CT molecular complexity index is 133. The molecule has 0 fully saturated rings. The van der Waals surface area contributed by atoms with Gasteiger partial charge in [-0.15, -0.1) is 0 Å². The van der Waals surface area contributed by atoms with Crippen LogP contribution in [0.2, 0.25) is 0 Å². The first-order valence-corrected chi connectivity index (χ1v) is 6.75. The van der Waals surface area contributed by atoms with Gasteiger partial charge in [-0.1, -0.05) is 0 Å². The van der Waals surface area contributed by atoms with Gasteiger partial charge in [-0.2, -0.15) is 0 Å². The molecule has 0 saturated heterocycles. The molecule has 0 rings (SSSR count). The van der Waals surface area contributed by atoms with Crippen LogP contribution in [0.3, 0.4) is 0 Å². The third kappa shape index (κ3) is 5.23. The van der Waals surface area contributed by atoms with Gasteiger partial charge in [0, 0.05) is 36.3 Å². The van der Waals surface area contributed by atoms with Crippen molar-refractivity contribution < 1.29 is 0 Å². The Morgan fingerprint density at radius 1 is 0.533 bits per heavy atom. The minimum atomic E-state index is 0.579. The summed E-state index contributed by atoms with van der Waals surface area (Å²) in [6.45, 7) is 18.0. The molecule has 0 aliphatic rings. The van der Waals surface area contributed by atoms with Crippen molar-refractivity contribution in [3.63, 3.8) is 0 Å². The molecule has 0 heterocycles. The van der Waals surface area contributed by atoms with Gasteiger partial charge in [-0.25, -0.2) is 8.61 Å². The van der Waals surface area contributed by atoms with Crippen molar-refractivity contribution in [3.8, 4) is 0 Å². The minimum Gasteiger partial charge on any atom is -0.232 e. The van der Waals surface area contributed by atoms with Crippen molar-refractivity contribution in [1.82, 2.24) is 8.61 Å². The van der Waals surface area contributed by atoms with Crippen LogP contribution in [-0.2, 0) is 0 Å². The van der Waals surface area contributed by atoms with E-state index in [0.29, 0.717) is 24.2 Å². The Morgan fingerprint density at radius 2 is 0.733 bits per heavy atom. The van der Waals surface area contributed by atoms with Crippen LogP contribution in [0.25, 0.3) is 0 Å². The molecule has 0 spiro atoms. The van der Waals surface area contributed by atoms with E-state index in [4.69, 9.17) is 0 Å².